The van der Waals surface area contributed by atoms with Crippen molar-refractivity contribution in [3.63, 3.8) is 0 Å². The van der Waals surface area contributed by atoms with Crippen LogP contribution in [0, 0.1) is 0 Å². The van der Waals surface area contributed by atoms with Crippen molar-refractivity contribution >= 4 is 11.6 Å². The maximum Gasteiger partial charge on any atom is 0.119 e. The summed E-state index contributed by atoms with van der Waals surface area (Å²) in [5, 5.41) is 0.893. The molecule has 0 aliphatic carbocycles. The zero-order valence-corrected chi connectivity index (χ0v) is 24.9. The Hall–Kier alpha value is -2.25. The third-order valence-electron chi connectivity index (χ3n) is 7.56. The Morgan fingerprint density at radius 1 is 0.579 bits per heavy atom. The first kappa shape index (κ1) is 30.3. The molecule has 3 aromatic carbocycles. The summed E-state index contributed by atoms with van der Waals surface area (Å²) >= 11 is 6.68. The Morgan fingerprint density at radius 3 is 1.63 bits per heavy atom. The number of hydrogen-bond donors (Lipinski definition) is 0. The molecule has 0 radical (unpaired) electrons. The van der Waals surface area contributed by atoms with E-state index in [2.05, 4.69) is 87.5 Å². The predicted molar refractivity (Wildman–Crippen MR) is 167 cm³/mol. The van der Waals surface area contributed by atoms with Crippen molar-refractivity contribution in [2.24, 2.45) is 0 Å². The van der Waals surface area contributed by atoms with Crippen LogP contribution in [0.5, 0.6) is 5.75 Å². The number of hydrogen-bond acceptors (Lipinski definition) is 1. The van der Waals surface area contributed by atoms with Crippen molar-refractivity contribution in [3.05, 3.63) is 77.3 Å². The van der Waals surface area contributed by atoms with Crippen molar-refractivity contribution < 1.29 is 4.74 Å². The van der Waals surface area contributed by atoms with E-state index in [4.69, 9.17) is 16.3 Å². The van der Waals surface area contributed by atoms with Crippen LogP contribution in [0.4, 0.5) is 0 Å². The number of aryl methyl sites for hydroxylation is 1. The van der Waals surface area contributed by atoms with Crippen LogP contribution in [0.1, 0.15) is 110 Å². The molecule has 0 bridgehead atoms. The lowest BCUT2D eigenvalue weighted by atomic mass is 9.98. The fourth-order valence-electron chi connectivity index (χ4n) is 5.11. The van der Waals surface area contributed by atoms with Crippen LogP contribution in [0.25, 0.3) is 22.3 Å². The second kappa shape index (κ2) is 17.4. The van der Waals surface area contributed by atoms with Crippen LogP contribution < -0.4 is 4.74 Å². The first-order valence-corrected chi connectivity index (χ1v) is 15.6. The number of benzene rings is 3. The Morgan fingerprint density at radius 2 is 1.05 bits per heavy atom. The monoisotopic (exact) mass is 532 g/mol. The highest BCUT2D eigenvalue weighted by Crippen LogP contribution is 2.30. The van der Waals surface area contributed by atoms with Gasteiger partial charge in [0.05, 0.1) is 6.10 Å². The van der Waals surface area contributed by atoms with E-state index in [1.54, 1.807) is 0 Å². The Bertz CT molecular complexity index is 1040. The third kappa shape index (κ3) is 10.5. The maximum absolute atomic E-state index is 6.68. The summed E-state index contributed by atoms with van der Waals surface area (Å²) in [5.74, 6) is 0.954. The number of rotatable bonds is 18. The van der Waals surface area contributed by atoms with E-state index < -0.39 is 0 Å². The minimum atomic E-state index is 0.260. The lowest BCUT2D eigenvalue weighted by Gasteiger charge is -2.15. The molecule has 1 unspecified atom stereocenters. The lowest BCUT2D eigenvalue weighted by Crippen LogP contribution is -2.11. The van der Waals surface area contributed by atoms with Crippen LogP contribution in [0.15, 0.2) is 66.7 Å². The summed E-state index contributed by atoms with van der Waals surface area (Å²) < 4.78 is 6.13. The number of ether oxygens (including phenoxy) is 1. The van der Waals surface area contributed by atoms with E-state index in [9.17, 15) is 0 Å². The van der Waals surface area contributed by atoms with E-state index >= 15 is 0 Å². The van der Waals surface area contributed by atoms with Gasteiger partial charge in [-0.25, -0.2) is 0 Å². The molecule has 0 saturated heterocycles. The first-order chi connectivity index (χ1) is 18.6. The van der Waals surface area contributed by atoms with Crippen LogP contribution >= 0.6 is 11.6 Å². The number of halogens is 1. The third-order valence-corrected chi connectivity index (χ3v) is 7.91. The molecule has 0 fully saturated rings. The van der Waals surface area contributed by atoms with Gasteiger partial charge >= 0.3 is 0 Å². The summed E-state index contributed by atoms with van der Waals surface area (Å²) in [6.45, 7) is 6.70. The van der Waals surface area contributed by atoms with E-state index in [0.717, 1.165) is 23.6 Å². The molecule has 1 nitrogen and oxygen atoms in total. The average molecular weight is 533 g/mol. The van der Waals surface area contributed by atoms with Gasteiger partial charge in [0.25, 0.3) is 0 Å². The molecule has 2 heteroatoms. The maximum atomic E-state index is 6.68. The fourth-order valence-corrected chi connectivity index (χ4v) is 5.38. The van der Waals surface area contributed by atoms with Crippen molar-refractivity contribution in [1.29, 1.82) is 0 Å². The molecule has 0 spiro atoms. The van der Waals surface area contributed by atoms with Gasteiger partial charge in [0.1, 0.15) is 5.75 Å². The smallest absolute Gasteiger partial charge is 0.119 e. The van der Waals surface area contributed by atoms with E-state index in [-0.39, 0.29) is 6.10 Å². The highest BCUT2D eigenvalue weighted by atomic mass is 35.5. The molecule has 3 aromatic rings. The SMILES string of the molecule is CCCCCCCCCCc1ccc(-c2ccc(-c3ccc(OC(C)CCCCCC)cc3)cc2)cc1Cl. The summed E-state index contributed by atoms with van der Waals surface area (Å²) in [7, 11) is 0. The van der Waals surface area contributed by atoms with Crippen molar-refractivity contribution in [2.75, 3.05) is 0 Å². The molecule has 0 heterocycles. The standard InChI is InChI=1S/C36H49ClO/c1-4-6-8-10-11-12-13-15-17-33-22-23-34(28-36(33)37)32-20-18-30(19-21-32)31-24-26-35(27-25-31)38-29(3)16-14-9-7-5-2/h18-29H,4-17H2,1-3H3. The predicted octanol–water partition coefficient (Wildman–Crippen LogP) is 12.1. The minimum absolute atomic E-state index is 0.260. The second-order valence-corrected chi connectivity index (χ2v) is 11.3. The van der Waals surface area contributed by atoms with Crippen LogP contribution in [-0.4, -0.2) is 6.10 Å². The van der Waals surface area contributed by atoms with Crippen molar-refractivity contribution in [3.8, 4) is 28.0 Å². The highest BCUT2D eigenvalue weighted by molar-refractivity contribution is 6.31. The van der Waals surface area contributed by atoms with Gasteiger partial charge in [0.15, 0.2) is 0 Å². The van der Waals surface area contributed by atoms with Crippen LogP contribution in [-0.2, 0) is 6.42 Å². The van der Waals surface area contributed by atoms with E-state index in [1.807, 2.05) is 0 Å². The zero-order valence-electron chi connectivity index (χ0n) is 24.1. The molecule has 206 valence electrons. The Balaban J connectivity index is 1.48. The zero-order chi connectivity index (χ0) is 27.0. The molecule has 0 aromatic heterocycles. The van der Waals surface area contributed by atoms with Crippen molar-refractivity contribution in [2.45, 2.75) is 117 Å². The van der Waals surface area contributed by atoms with Gasteiger partial charge < -0.3 is 4.74 Å². The molecule has 0 N–H and O–H groups in total. The normalized spacial score (nSPS) is 12.0. The van der Waals surface area contributed by atoms with E-state index in [0.29, 0.717) is 0 Å². The molecular formula is C36H49ClO. The molecule has 38 heavy (non-hydrogen) atoms. The number of unbranched alkanes of at least 4 members (excludes halogenated alkanes) is 10. The molecule has 0 aliphatic rings. The van der Waals surface area contributed by atoms with Gasteiger partial charge in [-0.05, 0) is 78.6 Å². The van der Waals surface area contributed by atoms with Gasteiger partial charge in [-0.15, -0.1) is 0 Å². The molecule has 3 rings (SSSR count). The van der Waals surface area contributed by atoms with Gasteiger partial charge in [-0.2, -0.15) is 0 Å². The first-order valence-electron chi connectivity index (χ1n) is 15.3. The minimum Gasteiger partial charge on any atom is -0.491 e. The summed E-state index contributed by atoms with van der Waals surface area (Å²) in [4.78, 5) is 0. The van der Waals surface area contributed by atoms with Gasteiger partial charge in [0.2, 0.25) is 0 Å². The summed E-state index contributed by atoms with van der Waals surface area (Å²) in [6, 6.07) is 23.9. The van der Waals surface area contributed by atoms with Crippen LogP contribution in [0.2, 0.25) is 5.02 Å². The van der Waals surface area contributed by atoms with Crippen LogP contribution in [0.3, 0.4) is 0 Å². The molecule has 0 aliphatic heterocycles. The van der Waals surface area contributed by atoms with Gasteiger partial charge in [0, 0.05) is 5.02 Å². The quantitative estimate of drug-likeness (QED) is 0.148. The van der Waals surface area contributed by atoms with E-state index in [1.165, 1.54) is 105 Å². The average Bonchev–Trinajstić information content (AvgIpc) is 2.94. The molecule has 1 atom stereocenters. The van der Waals surface area contributed by atoms with Gasteiger partial charge in [-0.3, -0.25) is 0 Å². The molecule has 0 saturated carbocycles. The fraction of sp³-hybridized carbons (Fsp3) is 0.500. The molecule has 0 amide bonds. The summed E-state index contributed by atoms with van der Waals surface area (Å²) in [6.07, 6.45) is 18.3. The van der Waals surface area contributed by atoms with Crippen molar-refractivity contribution in [1.82, 2.24) is 0 Å². The summed E-state index contributed by atoms with van der Waals surface area (Å²) in [5.41, 5.74) is 6.07. The Labute approximate surface area is 238 Å². The topological polar surface area (TPSA) is 9.23 Å². The van der Waals surface area contributed by atoms with Gasteiger partial charge in [-0.1, -0.05) is 138 Å². The lowest BCUT2D eigenvalue weighted by molar-refractivity contribution is 0.206. The second-order valence-electron chi connectivity index (χ2n) is 10.9. The largest absolute Gasteiger partial charge is 0.491 e. The molecular weight excluding hydrogens is 484 g/mol. The Kier molecular flexibility index (Phi) is 13.8. The highest BCUT2D eigenvalue weighted by Gasteiger charge is 2.07.